The molecule has 0 bridgehead atoms. The lowest BCUT2D eigenvalue weighted by Gasteiger charge is -2.23. The zero-order valence-corrected chi connectivity index (χ0v) is 15.0. The molecule has 1 aromatic rings. The van der Waals surface area contributed by atoms with Crippen LogP contribution in [0.4, 0.5) is 10.5 Å². The minimum atomic E-state index is -0.378. The van der Waals surface area contributed by atoms with E-state index in [0.29, 0.717) is 28.9 Å². The van der Waals surface area contributed by atoms with Crippen molar-refractivity contribution in [2.75, 3.05) is 38.8 Å². The number of benzene rings is 1. The monoisotopic (exact) mass is 363 g/mol. The Bertz CT molecular complexity index is 735. The highest BCUT2D eigenvalue weighted by Gasteiger charge is 2.28. The molecule has 25 heavy (non-hydrogen) atoms. The highest BCUT2D eigenvalue weighted by atomic mass is 32.2. The topological polar surface area (TPSA) is 93.9 Å². The maximum absolute atomic E-state index is 11.9. The average Bonchev–Trinajstić information content (AvgIpc) is 3.20. The molecule has 3 rings (SSSR count). The first-order valence-electron chi connectivity index (χ1n) is 8.01. The number of carbonyl (C=O) groups excluding carboxylic acids is 2. The molecule has 2 aliphatic heterocycles. The molecule has 0 unspecified atom stereocenters. The summed E-state index contributed by atoms with van der Waals surface area (Å²) in [5.74, 6) is 1.26. The number of imide groups is 1. The number of nitrogens with zero attached hydrogens (tertiary/aromatic N) is 1. The van der Waals surface area contributed by atoms with Gasteiger partial charge < -0.3 is 20.1 Å². The second-order valence-corrected chi connectivity index (χ2v) is 6.97. The largest absolute Gasteiger partial charge is 0.493 e. The summed E-state index contributed by atoms with van der Waals surface area (Å²) < 4.78 is 10.8. The molecule has 1 atom stereocenters. The zero-order valence-electron chi connectivity index (χ0n) is 14.2. The predicted octanol–water partition coefficient (Wildman–Crippen LogP) is 1.81. The summed E-state index contributed by atoms with van der Waals surface area (Å²) in [6.45, 7) is 2.37. The zero-order chi connectivity index (χ0) is 18.0. The number of thioether (sulfide) groups is 1. The number of rotatable bonds is 5. The molecule has 8 heteroatoms. The summed E-state index contributed by atoms with van der Waals surface area (Å²) in [5.41, 5.74) is 7.55. The molecule has 0 aromatic heterocycles. The molecular formula is C17H21N3O4S. The van der Waals surface area contributed by atoms with Crippen LogP contribution in [0.2, 0.25) is 0 Å². The Balaban J connectivity index is 2.04. The Kier molecular flexibility index (Phi) is 5.19. The van der Waals surface area contributed by atoms with Crippen LogP contribution in [0.5, 0.6) is 11.5 Å². The van der Waals surface area contributed by atoms with Crippen LogP contribution in [0, 0.1) is 5.92 Å². The van der Waals surface area contributed by atoms with Gasteiger partial charge in [0, 0.05) is 30.4 Å². The minimum absolute atomic E-state index is 0.359. The first kappa shape index (κ1) is 17.6. The second kappa shape index (κ2) is 7.37. The summed E-state index contributed by atoms with van der Waals surface area (Å²) in [6, 6.07) is 3.73. The number of anilines is 1. The molecule has 2 aliphatic rings. The molecule has 2 saturated heterocycles. The smallest absolute Gasteiger partial charge is 0.290 e. The Labute approximate surface area is 150 Å². The van der Waals surface area contributed by atoms with E-state index < -0.39 is 0 Å². The number of nitrogens with two attached hydrogens (primary N) is 1. The van der Waals surface area contributed by atoms with Crippen LogP contribution in [-0.4, -0.2) is 45.0 Å². The number of hydrogen-bond acceptors (Lipinski definition) is 7. The average molecular weight is 363 g/mol. The van der Waals surface area contributed by atoms with Crippen molar-refractivity contribution in [3.63, 3.8) is 0 Å². The molecule has 134 valence electrons. The van der Waals surface area contributed by atoms with Crippen molar-refractivity contribution >= 4 is 34.7 Å². The maximum Gasteiger partial charge on any atom is 0.290 e. The quantitative estimate of drug-likeness (QED) is 0.771. The fraction of sp³-hybridized carbons (Fsp3) is 0.412. The van der Waals surface area contributed by atoms with Crippen molar-refractivity contribution in [3.8, 4) is 11.5 Å². The molecule has 2 amide bonds. The van der Waals surface area contributed by atoms with Gasteiger partial charge in [0.2, 0.25) is 0 Å². The molecular weight excluding hydrogens is 342 g/mol. The molecule has 7 nitrogen and oxygen atoms in total. The van der Waals surface area contributed by atoms with Gasteiger partial charge in [-0.15, -0.1) is 0 Å². The van der Waals surface area contributed by atoms with Crippen molar-refractivity contribution in [2.45, 2.75) is 6.42 Å². The molecule has 2 fully saturated rings. The van der Waals surface area contributed by atoms with E-state index in [-0.39, 0.29) is 11.1 Å². The van der Waals surface area contributed by atoms with E-state index in [1.165, 1.54) is 0 Å². The van der Waals surface area contributed by atoms with Gasteiger partial charge in [-0.3, -0.25) is 14.9 Å². The molecule has 0 aliphatic carbocycles. The summed E-state index contributed by atoms with van der Waals surface area (Å²) in [7, 11) is 3.15. The fourth-order valence-corrected chi connectivity index (χ4v) is 3.75. The van der Waals surface area contributed by atoms with E-state index in [9.17, 15) is 9.59 Å². The molecule has 2 heterocycles. The summed E-state index contributed by atoms with van der Waals surface area (Å²) >= 11 is 0.899. The predicted molar refractivity (Wildman–Crippen MR) is 98.0 cm³/mol. The van der Waals surface area contributed by atoms with E-state index >= 15 is 0 Å². The normalized spacial score (nSPS) is 21.8. The van der Waals surface area contributed by atoms with Gasteiger partial charge in [-0.25, -0.2) is 0 Å². The summed E-state index contributed by atoms with van der Waals surface area (Å²) in [4.78, 5) is 25.9. The maximum atomic E-state index is 11.9. The third kappa shape index (κ3) is 3.59. The standard InChI is InChI=1S/C17H21N3O4S/c1-23-13-5-11(6-15-16(21)19-17(22)25-15)12(7-14(13)24-2)20-4-3-10(8-18)9-20/h5-7,10H,3-4,8-9,18H2,1-2H3,(H,19,21,22)/b15-6-/t10-/m0/s1. The van der Waals surface area contributed by atoms with Gasteiger partial charge in [0.15, 0.2) is 11.5 Å². The highest BCUT2D eigenvalue weighted by Crippen LogP contribution is 2.39. The van der Waals surface area contributed by atoms with Gasteiger partial charge in [-0.1, -0.05) is 0 Å². The van der Waals surface area contributed by atoms with E-state index in [1.54, 1.807) is 20.3 Å². The van der Waals surface area contributed by atoms with Crippen molar-refractivity contribution < 1.29 is 19.1 Å². The number of amides is 2. The van der Waals surface area contributed by atoms with Gasteiger partial charge in [-0.05, 0) is 42.8 Å². The number of carbonyl (C=O) groups is 2. The van der Waals surface area contributed by atoms with Crippen LogP contribution < -0.4 is 25.4 Å². The van der Waals surface area contributed by atoms with E-state index in [0.717, 1.165) is 42.5 Å². The Morgan fingerprint density at radius 1 is 1.32 bits per heavy atom. The third-order valence-electron chi connectivity index (χ3n) is 4.42. The minimum Gasteiger partial charge on any atom is -0.493 e. The number of ether oxygens (including phenoxy) is 2. The van der Waals surface area contributed by atoms with Crippen molar-refractivity contribution in [1.82, 2.24) is 5.32 Å². The van der Waals surface area contributed by atoms with Crippen LogP contribution in [-0.2, 0) is 4.79 Å². The lowest BCUT2D eigenvalue weighted by molar-refractivity contribution is -0.115. The van der Waals surface area contributed by atoms with Gasteiger partial charge in [-0.2, -0.15) is 0 Å². The van der Waals surface area contributed by atoms with Crippen molar-refractivity contribution in [2.24, 2.45) is 11.7 Å². The SMILES string of the molecule is COc1cc(/C=C2\SC(=O)NC2=O)c(N2CC[C@@H](CN)C2)cc1OC. The van der Waals surface area contributed by atoms with Crippen LogP contribution in [0.3, 0.4) is 0 Å². The molecule has 0 spiro atoms. The summed E-state index contributed by atoms with van der Waals surface area (Å²) in [6.07, 6.45) is 2.74. The van der Waals surface area contributed by atoms with Crippen molar-refractivity contribution in [1.29, 1.82) is 0 Å². The van der Waals surface area contributed by atoms with E-state index in [2.05, 4.69) is 10.2 Å². The van der Waals surface area contributed by atoms with Gasteiger partial charge in [0.05, 0.1) is 19.1 Å². The number of methoxy groups -OCH3 is 2. The van der Waals surface area contributed by atoms with Crippen molar-refractivity contribution in [3.05, 3.63) is 22.6 Å². The lowest BCUT2D eigenvalue weighted by atomic mass is 10.1. The van der Waals surface area contributed by atoms with E-state index in [1.807, 2.05) is 12.1 Å². The number of nitrogens with one attached hydrogen (secondary N) is 1. The molecule has 0 saturated carbocycles. The Hall–Kier alpha value is -2.19. The lowest BCUT2D eigenvalue weighted by Crippen LogP contribution is -2.23. The van der Waals surface area contributed by atoms with Crippen LogP contribution in [0.1, 0.15) is 12.0 Å². The van der Waals surface area contributed by atoms with Gasteiger partial charge >= 0.3 is 0 Å². The van der Waals surface area contributed by atoms with Crippen LogP contribution >= 0.6 is 11.8 Å². The van der Waals surface area contributed by atoms with Gasteiger partial charge in [0.1, 0.15) is 0 Å². The van der Waals surface area contributed by atoms with Gasteiger partial charge in [0.25, 0.3) is 11.1 Å². The summed E-state index contributed by atoms with van der Waals surface area (Å²) in [5, 5.41) is 1.92. The highest BCUT2D eigenvalue weighted by molar-refractivity contribution is 8.18. The first-order chi connectivity index (χ1) is 12.0. The Morgan fingerprint density at radius 2 is 2.04 bits per heavy atom. The van der Waals surface area contributed by atoms with Crippen LogP contribution in [0.25, 0.3) is 6.08 Å². The number of hydrogen-bond donors (Lipinski definition) is 2. The first-order valence-corrected chi connectivity index (χ1v) is 8.83. The van der Waals surface area contributed by atoms with Crippen LogP contribution in [0.15, 0.2) is 17.0 Å². The second-order valence-electron chi connectivity index (χ2n) is 5.95. The molecule has 1 aromatic carbocycles. The fourth-order valence-electron chi connectivity index (χ4n) is 3.08. The van der Waals surface area contributed by atoms with E-state index in [4.69, 9.17) is 15.2 Å². The Morgan fingerprint density at radius 3 is 2.60 bits per heavy atom. The molecule has 0 radical (unpaired) electrons. The third-order valence-corrected chi connectivity index (χ3v) is 5.23. The molecule has 3 N–H and O–H groups in total.